The Labute approximate surface area is 95.1 Å². The lowest BCUT2D eigenvalue weighted by Crippen LogP contribution is -2.12. The Balaban J connectivity index is 2.63. The number of benzene rings is 1. The average Bonchev–Trinajstić information content (AvgIpc) is 2.16. The third kappa shape index (κ3) is 3.20. The van der Waals surface area contributed by atoms with E-state index < -0.39 is 5.97 Å². The maximum atomic E-state index is 10.8. The summed E-state index contributed by atoms with van der Waals surface area (Å²) in [4.78, 5) is 10.8. The lowest BCUT2D eigenvalue weighted by Gasteiger charge is -2.06. The lowest BCUT2D eigenvalue weighted by atomic mass is 10.3. The van der Waals surface area contributed by atoms with Crippen LogP contribution in [0.15, 0.2) is 22.7 Å². The van der Waals surface area contributed by atoms with Gasteiger partial charge in [0, 0.05) is 4.47 Å². The van der Waals surface area contributed by atoms with Crippen LogP contribution in [0.25, 0.3) is 0 Å². The first-order valence-corrected chi connectivity index (χ1v) is 4.95. The highest BCUT2D eigenvalue weighted by Crippen LogP contribution is 2.27. The van der Waals surface area contributed by atoms with Gasteiger partial charge < -0.3 is 9.47 Å². The van der Waals surface area contributed by atoms with Gasteiger partial charge >= 0.3 is 5.97 Å². The Bertz CT molecular complexity index is 341. The van der Waals surface area contributed by atoms with Crippen LogP contribution < -0.4 is 4.74 Å². The lowest BCUT2D eigenvalue weighted by molar-refractivity contribution is -0.142. The van der Waals surface area contributed by atoms with Crippen molar-refractivity contribution in [2.24, 2.45) is 0 Å². The Kier molecular flexibility index (Phi) is 4.22. The number of carbonyl (C=O) groups excluding carboxylic acids is 1. The molecule has 0 aliphatic heterocycles. The zero-order valence-electron chi connectivity index (χ0n) is 7.42. The fourth-order valence-corrected chi connectivity index (χ4v) is 1.52. The van der Waals surface area contributed by atoms with E-state index in [4.69, 9.17) is 16.3 Å². The van der Waals surface area contributed by atoms with Crippen LogP contribution in [0.4, 0.5) is 0 Å². The minimum absolute atomic E-state index is 0.141. The second-order valence-electron chi connectivity index (χ2n) is 2.44. The van der Waals surface area contributed by atoms with Crippen molar-refractivity contribution in [2.75, 3.05) is 13.7 Å². The van der Waals surface area contributed by atoms with Gasteiger partial charge in [-0.05, 0) is 18.2 Å². The predicted molar refractivity (Wildman–Crippen MR) is 56.7 cm³/mol. The van der Waals surface area contributed by atoms with Crippen LogP contribution >= 0.6 is 27.5 Å². The summed E-state index contributed by atoms with van der Waals surface area (Å²) in [5, 5.41) is 0.447. The van der Waals surface area contributed by atoms with E-state index in [-0.39, 0.29) is 6.61 Å². The van der Waals surface area contributed by atoms with E-state index in [9.17, 15) is 4.79 Å². The minimum atomic E-state index is -0.441. The fraction of sp³-hybridized carbons (Fsp3) is 0.222. The standard InChI is InChI=1S/C9H8BrClO3/c1-13-9(12)5-14-8-3-2-6(10)4-7(8)11/h2-4H,5H2,1H3. The molecule has 0 aliphatic carbocycles. The maximum absolute atomic E-state index is 10.8. The molecule has 0 aliphatic rings. The topological polar surface area (TPSA) is 35.5 Å². The molecule has 0 fully saturated rings. The van der Waals surface area contributed by atoms with E-state index in [2.05, 4.69) is 20.7 Å². The zero-order chi connectivity index (χ0) is 10.6. The van der Waals surface area contributed by atoms with Gasteiger partial charge in [-0.3, -0.25) is 0 Å². The van der Waals surface area contributed by atoms with Crippen molar-refractivity contribution in [3.8, 4) is 5.75 Å². The van der Waals surface area contributed by atoms with Crippen molar-refractivity contribution >= 4 is 33.5 Å². The molecule has 3 nitrogen and oxygen atoms in total. The molecule has 1 aromatic carbocycles. The van der Waals surface area contributed by atoms with Crippen molar-refractivity contribution in [1.82, 2.24) is 0 Å². The molecule has 0 atom stereocenters. The van der Waals surface area contributed by atoms with Crippen LogP contribution in [0.2, 0.25) is 5.02 Å². The smallest absolute Gasteiger partial charge is 0.343 e. The molecule has 76 valence electrons. The molecule has 0 N–H and O–H groups in total. The van der Waals surface area contributed by atoms with Crippen LogP contribution in [0.5, 0.6) is 5.75 Å². The van der Waals surface area contributed by atoms with Crippen LogP contribution in [0.1, 0.15) is 0 Å². The van der Waals surface area contributed by atoms with Gasteiger partial charge in [-0.15, -0.1) is 0 Å². The molecule has 1 aromatic rings. The van der Waals surface area contributed by atoms with E-state index in [0.717, 1.165) is 4.47 Å². The van der Waals surface area contributed by atoms with Gasteiger partial charge in [-0.2, -0.15) is 0 Å². The number of methoxy groups -OCH3 is 1. The van der Waals surface area contributed by atoms with Crippen molar-refractivity contribution in [2.45, 2.75) is 0 Å². The number of carbonyl (C=O) groups is 1. The monoisotopic (exact) mass is 278 g/mol. The van der Waals surface area contributed by atoms with E-state index in [1.165, 1.54) is 7.11 Å². The Morgan fingerprint density at radius 1 is 1.57 bits per heavy atom. The van der Waals surface area contributed by atoms with E-state index >= 15 is 0 Å². The minimum Gasteiger partial charge on any atom is -0.480 e. The first-order chi connectivity index (χ1) is 6.63. The first-order valence-electron chi connectivity index (χ1n) is 3.78. The predicted octanol–water partition coefficient (Wildman–Crippen LogP) is 2.65. The van der Waals surface area contributed by atoms with Crippen molar-refractivity contribution in [1.29, 1.82) is 0 Å². The third-order valence-corrected chi connectivity index (χ3v) is 2.26. The summed E-state index contributed by atoms with van der Waals surface area (Å²) in [6.45, 7) is -0.141. The summed E-state index contributed by atoms with van der Waals surface area (Å²) < 4.78 is 10.4. The quantitative estimate of drug-likeness (QED) is 0.798. The van der Waals surface area contributed by atoms with Gasteiger partial charge in [-0.1, -0.05) is 27.5 Å². The molecule has 0 heterocycles. The Morgan fingerprint density at radius 3 is 2.86 bits per heavy atom. The largest absolute Gasteiger partial charge is 0.480 e. The van der Waals surface area contributed by atoms with E-state index in [1.54, 1.807) is 18.2 Å². The summed E-state index contributed by atoms with van der Waals surface area (Å²) in [6, 6.07) is 5.14. The van der Waals surface area contributed by atoms with Crippen LogP contribution in [-0.2, 0) is 9.53 Å². The van der Waals surface area contributed by atoms with Crippen molar-refractivity contribution < 1.29 is 14.3 Å². The fourth-order valence-electron chi connectivity index (χ4n) is 0.788. The molecular weight excluding hydrogens is 271 g/mol. The van der Waals surface area contributed by atoms with Crippen LogP contribution in [-0.4, -0.2) is 19.7 Å². The van der Waals surface area contributed by atoms with Gasteiger partial charge in [-0.25, -0.2) is 4.79 Å². The summed E-state index contributed by atoms with van der Waals surface area (Å²) in [5.41, 5.74) is 0. The Morgan fingerprint density at radius 2 is 2.29 bits per heavy atom. The van der Waals surface area contributed by atoms with Gasteiger partial charge in [0.2, 0.25) is 0 Å². The highest BCUT2D eigenvalue weighted by Gasteiger charge is 2.05. The SMILES string of the molecule is COC(=O)COc1ccc(Br)cc1Cl. The van der Waals surface area contributed by atoms with Gasteiger partial charge in [0.25, 0.3) is 0 Å². The summed E-state index contributed by atoms with van der Waals surface area (Å²) in [7, 11) is 1.30. The molecule has 0 bridgehead atoms. The number of hydrogen-bond donors (Lipinski definition) is 0. The molecule has 5 heteroatoms. The van der Waals surface area contributed by atoms with Crippen molar-refractivity contribution in [3.63, 3.8) is 0 Å². The number of halogens is 2. The third-order valence-electron chi connectivity index (χ3n) is 1.47. The second-order valence-corrected chi connectivity index (χ2v) is 3.76. The summed E-state index contributed by atoms with van der Waals surface area (Å²) >= 11 is 9.11. The Hall–Kier alpha value is -0.740. The summed E-state index contributed by atoms with van der Waals surface area (Å²) in [6.07, 6.45) is 0. The first kappa shape index (κ1) is 11.3. The number of rotatable bonds is 3. The molecular formula is C9H8BrClO3. The maximum Gasteiger partial charge on any atom is 0.343 e. The second kappa shape index (κ2) is 5.22. The summed E-state index contributed by atoms with van der Waals surface area (Å²) in [5.74, 6) is 0.0178. The van der Waals surface area contributed by atoms with E-state index in [1.807, 2.05) is 0 Å². The molecule has 0 spiro atoms. The van der Waals surface area contributed by atoms with Crippen LogP contribution in [0.3, 0.4) is 0 Å². The molecule has 0 aromatic heterocycles. The highest BCUT2D eigenvalue weighted by molar-refractivity contribution is 9.10. The molecule has 0 radical (unpaired) electrons. The van der Waals surface area contributed by atoms with E-state index in [0.29, 0.717) is 10.8 Å². The van der Waals surface area contributed by atoms with Crippen molar-refractivity contribution in [3.05, 3.63) is 27.7 Å². The van der Waals surface area contributed by atoms with Gasteiger partial charge in [0.05, 0.1) is 12.1 Å². The zero-order valence-corrected chi connectivity index (χ0v) is 9.76. The molecule has 14 heavy (non-hydrogen) atoms. The molecule has 1 rings (SSSR count). The average molecular weight is 280 g/mol. The number of esters is 1. The van der Waals surface area contributed by atoms with Gasteiger partial charge in [0.15, 0.2) is 6.61 Å². The number of ether oxygens (including phenoxy) is 2. The van der Waals surface area contributed by atoms with Gasteiger partial charge in [0.1, 0.15) is 5.75 Å². The number of hydrogen-bond acceptors (Lipinski definition) is 3. The molecule has 0 amide bonds. The molecule has 0 unspecified atom stereocenters. The highest BCUT2D eigenvalue weighted by atomic mass is 79.9. The molecule has 0 saturated heterocycles. The van der Waals surface area contributed by atoms with Crippen LogP contribution in [0, 0.1) is 0 Å². The normalized spacial score (nSPS) is 9.64. The molecule has 0 saturated carbocycles.